The van der Waals surface area contributed by atoms with E-state index in [2.05, 4.69) is 69.7 Å². The van der Waals surface area contributed by atoms with Gasteiger partial charge in [-0.2, -0.15) is 5.10 Å². The monoisotopic (exact) mass is 473 g/mol. The number of ether oxygens (including phenoxy) is 1. The summed E-state index contributed by atoms with van der Waals surface area (Å²) in [5.74, 6) is 0.636. The molecule has 0 unspecified atom stereocenters. The second-order valence-electron chi connectivity index (χ2n) is 8.44. The molecule has 1 aromatic heterocycles. The molecule has 36 heavy (non-hydrogen) atoms. The number of para-hydroxylation sites is 1. The minimum absolute atomic E-state index is 0.141. The summed E-state index contributed by atoms with van der Waals surface area (Å²) < 4.78 is 7.42. The normalized spacial score (nSPS) is 11.1. The number of aromatic nitrogens is 1. The first-order valence-electron chi connectivity index (χ1n) is 11.9. The van der Waals surface area contributed by atoms with E-state index in [0.29, 0.717) is 13.0 Å². The highest BCUT2D eigenvalue weighted by Crippen LogP contribution is 2.40. The minimum atomic E-state index is -0.141. The minimum Gasteiger partial charge on any atom is -0.497 e. The maximum atomic E-state index is 12.7. The Hall–Kier alpha value is -4.64. The lowest BCUT2D eigenvalue weighted by Gasteiger charge is -2.13. The average molecular weight is 474 g/mol. The average Bonchev–Trinajstić information content (AvgIpc) is 3.27. The predicted octanol–water partition coefficient (Wildman–Crippen LogP) is 6.52. The molecule has 1 amide bonds. The molecule has 0 aliphatic heterocycles. The summed E-state index contributed by atoms with van der Waals surface area (Å²) in [5.41, 5.74) is 9.20. The number of carbonyl (C=O) groups is 1. The van der Waals surface area contributed by atoms with Gasteiger partial charge >= 0.3 is 0 Å². The zero-order valence-corrected chi connectivity index (χ0v) is 20.1. The highest BCUT2D eigenvalue weighted by Gasteiger charge is 2.20. The van der Waals surface area contributed by atoms with Gasteiger partial charge in [0.15, 0.2) is 0 Å². The summed E-state index contributed by atoms with van der Waals surface area (Å²) in [6.45, 7) is 0.529. The molecule has 178 valence electrons. The van der Waals surface area contributed by atoms with Crippen molar-refractivity contribution < 1.29 is 9.53 Å². The summed E-state index contributed by atoms with van der Waals surface area (Å²) in [6.07, 6.45) is 1.93. The molecule has 0 fully saturated rings. The third-order valence-corrected chi connectivity index (χ3v) is 6.16. The summed E-state index contributed by atoms with van der Waals surface area (Å²) in [6, 6.07) is 36.7. The van der Waals surface area contributed by atoms with Gasteiger partial charge in [0.1, 0.15) is 5.75 Å². The van der Waals surface area contributed by atoms with Gasteiger partial charge < -0.3 is 9.30 Å². The number of carbonyl (C=O) groups excluding carboxylic acids is 1. The Balaban J connectivity index is 1.44. The van der Waals surface area contributed by atoms with Gasteiger partial charge in [-0.15, -0.1) is 0 Å². The van der Waals surface area contributed by atoms with Crippen LogP contribution in [0.15, 0.2) is 114 Å². The van der Waals surface area contributed by atoms with E-state index in [1.54, 1.807) is 13.3 Å². The molecule has 0 aliphatic carbocycles. The Morgan fingerprint density at radius 3 is 2.17 bits per heavy atom. The molecule has 1 heterocycles. The van der Waals surface area contributed by atoms with Crippen LogP contribution in [-0.4, -0.2) is 23.8 Å². The third kappa shape index (κ3) is 4.91. The highest BCUT2D eigenvalue weighted by atomic mass is 16.5. The quantitative estimate of drug-likeness (QED) is 0.206. The summed E-state index contributed by atoms with van der Waals surface area (Å²) in [7, 11) is 1.63. The molecule has 5 rings (SSSR count). The van der Waals surface area contributed by atoms with Crippen LogP contribution in [0.25, 0.3) is 33.3 Å². The van der Waals surface area contributed by atoms with Gasteiger partial charge in [0.2, 0.25) is 5.91 Å². The number of hydrogen-bond acceptors (Lipinski definition) is 3. The van der Waals surface area contributed by atoms with Crippen LogP contribution in [0, 0.1) is 0 Å². The first-order chi connectivity index (χ1) is 17.7. The number of fused-ring (bicyclic) bond motifs is 1. The Bertz CT molecular complexity index is 1490. The fraction of sp³-hybridized carbons (Fsp3) is 0.0968. The van der Waals surface area contributed by atoms with Crippen molar-refractivity contribution in [2.24, 2.45) is 5.10 Å². The van der Waals surface area contributed by atoms with Gasteiger partial charge in [-0.1, -0.05) is 78.9 Å². The fourth-order valence-electron chi connectivity index (χ4n) is 4.47. The first-order valence-corrected chi connectivity index (χ1v) is 11.9. The number of aryl methyl sites for hydroxylation is 1. The molecular weight excluding hydrogens is 446 g/mol. The van der Waals surface area contributed by atoms with E-state index in [9.17, 15) is 4.79 Å². The first kappa shape index (κ1) is 23.1. The Kier molecular flexibility index (Phi) is 6.90. The standard InChI is InChI=1S/C31H27N3O2/c1-36-26-18-16-23(17-19-26)22-32-33-29(35)20-21-34-28-15-9-8-14-27(28)30(24-10-4-2-5-11-24)31(34)25-12-6-3-7-13-25/h2-19,22H,20-21H2,1H3,(H,33,35)/b32-22-. The van der Waals surface area contributed by atoms with Gasteiger partial charge in [-0.05, 0) is 47.0 Å². The molecule has 0 saturated heterocycles. The van der Waals surface area contributed by atoms with Gasteiger partial charge in [0.25, 0.3) is 0 Å². The van der Waals surface area contributed by atoms with E-state index in [1.165, 1.54) is 10.9 Å². The van der Waals surface area contributed by atoms with Crippen LogP contribution in [0.5, 0.6) is 5.75 Å². The Morgan fingerprint density at radius 1 is 0.833 bits per heavy atom. The van der Waals surface area contributed by atoms with Crippen LogP contribution in [0.2, 0.25) is 0 Å². The molecule has 0 spiro atoms. The molecule has 5 heteroatoms. The molecule has 0 atom stereocenters. The lowest BCUT2D eigenvalue weighted by Crippen LogP contribution is -2.19. The van der Waals surface area contributed by atoms with Gasteiger partial charge in [-0.25, -0.2) is 5.43 Å². The SMILES string of the molecule is COc1ccc(/C=N\NC(=O)CCn2c(-c3ccccc3)c(-c3ccccc3)c3ccccc32)cc1. The van der Waals surface area contributed by atoms with Crippen molar-refractivity contribution in [2.45, 2.75) is 13.0 Å². The molecule has 1 N–H and O–H groups in total. The second-order valence-corrected chi connectivity index (χ2v) is 8.44. The van der Waals surface area contributed by atoms with Crippen LogP contribution in [0.3, 0.4) is 0 Å². The number of amides is 1. The molecular formula is C31H27N3O2. The van der Waals surface area contributed by atoms with E-state index >= 15 is 0 Å². The van der Waals surface area contributed by atoms with E-state index in [-0.39, 0.29) is 5.91 Å². The number of nitrogens with one attached hydrogen (secondary N) is 1. The van der Waals surface area contributed by atoms with Crippen LogP contribution in [-0.2, 0) is 11.3 Å². The number of rotatable bonds is 8. The number of nitrogens with zero attached hydrogens (tertiary/aromatic N) is 2. The lowest BCUT2D eigenvalue weighted by molar-refractivity contribution is -0.121. The largest absolute Gasteiger partial charge is 0.497 e. The molecule has 4 aromatic carbocycles. The van der Waals surface area contributed by atoms with Crippen molar-refractivity contribution in [3.63, 3.8) is 0 Å². The van der Waals surface area contributed by atoms with E-state index in [4.69, 9.17) is 4.74 Å². The van der Waals surface area contributed by atoms with E-state index in [0.717, 1.165) is 33.7 Å². The maximum absolute atomic E-state index is 12.7. The number of hydrazone groups is 1. The van der Waals surface area contributed by atoms with Crippen LogP contribution in [0.4, 0.5) is 0 Å². The number of benzene rings is 4. The highest BCUT2D eigenvalue weighted by molar-refractivity contribution is 6.04. The van der Waals surface area contributed by atoms with Crippen molar-refractivity contribution in [3.05, 3.63) is 115 Å². The van der Waals surface area contributed by atoms with E-state index < -0.39 is 0 Å². The third-order valence-electron chi connectivity index (χ3n) is 6.16. The Labute approximate surface area is 210 Å². The smallest absolute Gasteiger partial charge is 0.241 e. The summed E-state index contributed by atoms with van der Waals surface area (Å²) in [5, 5.41) is 5.30. The molecule has 0 saturated carbocycles. The number of hydrogen-bond donors (Lipinski definition) is 1. The molecule has 0 bridgehead atoms. The van der Waals surface area contributed by atoms with E-state index in [1.807, 2.05) is 54.6 Å². The maximum Gasteiger partial charge on any atom is 0.241 e. The predicted molar refractivity (Wildman–Crippen MR) is 146 cm³/mol. The fourth-order valence-corrected chi connectivity index (χ4v) is 4.47. The summed E-state index contributed by atoms with van der Waals surface area (Å²) in [4.78, 5) is 12.7. The van der Waals surface area contributed by atoms with Crippen molar-refractivity contribution in [3.8, 4) is 28.1 Å². The van der Waals surface area contributed by atoms with Crippen LogP contribution < -0.4 is 10.2 Å². The second kappa shape index (κ2) is 10.7. The summed E-state index contributed by atoms with van der Waals surface area (Å²) >= 11 is 0. The molecule has 0 aliphatic rings. The number of methoxy groups -OCH3 is 1. The zero-order chi connectivity index (χ0) is 24.7. The van der Waals surface area contributed by atoms with Crippen molar-refractivity contribution in [1.82, 2.24) is 9.99 Å². The zero-order valence-electron chi connectivity index (χ0n) is 20.1. The van der Waals surface area contributed by atoms with Crippen molar-refractivity contribution in [2.75, 3.05) is 7.11 Å². The lowest BCUT2D eigenvalue weighted by atomic mass is 9.98. The topological polar surface area (TPSA) is 55.6 Å². The van der Waals surface area contributed by atoms with Crippen molar-refractivity contribution in [1.29, 1.82) is 0 Å². The van der Waals surface area contributed by atoms with Gasteiger partial charge in [0.05, 0.1) is 19.0 Å². The van der Waals surface area contributed by atoms with Crippen LogP contribution >= 0.6 is 0 Å². The molecule has 0 radical (unpaired) electrons. The molecule has 5 aromatic rings. The van der Waals surface area contributed by atoms with Gasteiger partial charge in [0, 0.05) is 29.4 Å². The van der Waals surface area contributed by atoms with Crippen molar-refractivity contribution >= 4 is 23.0 Å². The molecule has 5 nitrogen and oxygen atoms in total. The van der Waals surface area contributed by atoms with Gasteiger partial charge in [-0.3, -0.25) is 4.79 Å². The Morgan fingerprint density at radius 2 is 1.47 bits per heavy atom. The van der Waals surface area contributed by atoms with Crippen LogP contribution in [0.1, 0.15) is 12.0 Å².